The topological polar surface area (TPSA) is 49.5 Å². The van der Waals surface area contributed by atoms with Crippen molar-refractivity contribution in [1.29, 1.82) is 0 Å². The number of nitrogens with two attached hydrogens (primary N) is 1. The predicted molar refractivity (Wildman–Crippen MR) is 45.3 cm³/mol. The normalized spacial score (nSPS) is 29.2. The smallest absolute Gasteiger partial charge is 0.0584 e. The molecule has 0 aliphatic carbocycles. The van der Waals surface area contributed by atoms with E-state index in [1.54, 1.807) is 0 Å². The molecule has 1 heterocycles. The second-order valence-electron chi connectivity index (χ2n) is 3.30. The molecule has 0 saturated carbocycles. The van der Waals surface area contributed by atoms with Crippen LogP contribution in [-0.4, -0.2) is 41.8 Å². The van der Waals surface area contributed by atoms with E-state index in [9.17, 15) is 0 Å². The zero-order chi connectivity index (χ0) is 8.27. The lowest BCUT2D eigenvalue weighted by atomic mass is 10.2. The van der Waals surface area contributed by atoms with E-state index in [1.165, 1.54) is 12.8 Å². The molecule has 0 spiro atoms. The van der Waals surface area contributed by atoms with Gasteiger partial charge in [0.2, 0.25) is 0 Å². The number of nitrogens with zero attached hydrogens (tertiary/aromatic N) is 1. The molecule has 3 N–H and O–H groups in total. The lowest BCUT2D eigenvalue weighted by Gasteiger charge is -2.28. The molecule has 0 radical (unpaired) electrons. The van der Waals surface area contributed by atoms with Gasteiger partial charge < -0.3 is 10.8 Å². The van der Waals surface area contributed by atoms with Gasteiger partial charge in [0.15, 0.2) is 0 Å². The van der Waals surface area contributed by atoms with E-state index < -0.39 is 0 Å². The predicted octanol–water partition coefficient (Wildman–Crippen LogP) is -0.210. The minimum atomic E-state index is 0.247. The Morgan fingerprint density at radius 1 is 1.73 bits per heavy atom. The van der Waals surface area contributed by atoms with Crippen LogP contribution in [0, 0.1) is 0 Å². The van der Waals surface area contributed by atoms with Crippen molar-refractivity contribution in [2.45, 2.75) is 31.8 Å². The van der Waals surface area contributed by atoms with Crippen LogP contribution in [0.15, 0.2) is 0 Å². The lowest BCUT2D eigenvalue weighted by Crippen LogP contribution is -2.42. The Bertz CT molecular complexity index is 119. The number of likely N-dealkylation sites (tertiary alicyclic amines) is 1. The molecule has 1 aliphatic heterocycles. The summed E-state index contributed by atoms with van der Waals surface area (Å²) in [4.78, 5) is 2.31. The molecule has 3 nitrogen and oxygen atoms in total. The third-order valence-electron chi connectivity index (χ3n) is 2.53. The Balaban J connectivity index is 2.42. The minimum absolute atomic E-state index is 0.247. The molecule has 0 aromatic heterocycles. The van der Waals surface area contributed by atoms with E-state index in [2.05, 4.69) is 4.90 Å². The van der Waals surface area contributed by atoms with Crippen LogP contribution in [0.25, 0.3) is 0 Å². The van der Waals surface area contributed by atoms with Gasteiger partial charge in [-0.25, -0.2) is 0 Å². The maximum atomic E-state index is 8.93. The molecular weight excluding hydrogens is 140 g/mol. The lowest BCUT2D eigenvalue weighted by molar-refractivity contribution is 0.126. The molecule has 11 heavy (non-hydrogen) atoms. The molecule has 3 heteroatoms. The van der Waals surface area contributed by atoms with Crippen LogP contribution in [0.3, 0.4) is 0 Å². The van der Waals surface area contributed by atoms with Gasteiger partial charge in [-0.15, -0.1) is 0 Å². The average Bonchev–Trinajstić information content (AvgIpc) is 2.50. The SMILES string of the molecule is CC(CO)N1CCC[C@@H]1CN. The third kappa shape index (κ3) is 1.92. The van der Waals surface area contributed by atoms with Crippen molar-refractivity contribution in [3.63, 3.8) is 0 Å². The van der Waals surface area contributed by atoms with Crippen molar-refractivity contribution < 1.29 is 5.11 Å². The number of hydrogen-bond donors (Lipinski definition) is 2. The summed E-state index contributed by atoms with van der Waals surface area (Å²) in [5.41, 5.74) is 5.59. The Kier molecular flexibility index (Phi) is 3.30. The quantitative estimate of drug-likeness (QED) is 0.597. The summed E-state index contributed by atoms with van der Waals surface area (Å²) in [6, 6.07) is 0.795. The second-order valence-corrected chi connectivity index (χ2v) is 3.30. The van der Waals surface area contributed by atoms with Crippen LogP contribution < -0.4 is 5.73 Å². The standard InChI is InChI=1S/C8H18N2O/c1-7(6-11)10-4-2-3-8(10)5-9/h7-8,11H,2-6,9H2,1H3/t7?,8-/m1/s1. The van der Waals surface area contributed by atoms with Crippen LogP contribution in [0.1, 0.15) is 19.8 Å². The summed E-state index contributed by atoms with van der Waals surface area (Å²) in [5.74, 6) is 0. The van der Waals surface area contributed by atoms with Gasteiger partial charge in [-0.05, 0) is 26.3 Å². The van der Waals surface area contributed by atoms with Gasteiger partial charge in [-0.1, -0.05) is 0 Å². The highest BCUT2D eigenvalue weighted by Gasteiger charge is 2.26. The Morgan fingerprint density at radius 3 is 3.00 bits per heavy atom. The van der Waals surface area contributed by atoms with E-state index in [-0.39, 0.29) is 12.6 Å². The largest absolute Gasteiger partial charge is 0.395 e. The second kappa shape index (κ2) is 4.04. The van der Waals surface area contributed by atoms with Gasteiger partial charge in [0.1, 0.15) is 0 Å². The molecule has 66 valence electrons. The molecule has 1 rings (SSSR count). The van der Waals surface area contributed by atoms with Crippen LogP contribution in [0.2, 0.25) is 0 Å². The molecule has 0 aromatic rings. The highest BCUT2D eigenvalue weighted by Crippen LogP contribution is 2.18. The van der Waals surface area contributed by atoms with E-state index in [0.717, 1.165) is 13.1 Å². The van der Waals surface area contributed by atoms with Crippen molar-refractivity contribution in [2.75, 3.05) is 19.7 Å². The number of aliphatic hydroxyl groups excluding tert-OH is 1. The van der Waals surface area contributed by atoms with E-state index in [0.29, 0.717) is 6.04 Å². The molecule has 1 saturated heterocycles. The van der Waals surface area contributed by atoms with Gasteiger partial charge in [0, 0.05) is 18.6 Å². The Morgan fingerprint density at radius 2 is 2.45 bits per heavy atom. The first-order valence-electron chi connectivity index (χ1n) is 4.36. The van der Waals surface area contributed by atoms with E-state index in [1.807, 2.05) is 6.92 Å². The Labute approximate surface area is 68.2 Å². The minimum Gasteiger partial charge on any atom is -0.395 e. The van der Waals surface area contributed by atoms with Gasteiger partial charge in [-0.2, -0.15) is 0 Å². The summed E-state index contributed by atoms with van der Waals surface area (Å²) in [6.07, 6.45) is 2.42. The van der Waals surface area contributed by atoms with Crippen molar-refractivity contribution in [3.05, 3.63) is 0 Å². The molecule has 1 aliphatic rings. The van der Waals surface area contributed by atoms with Crippen LogP contribution >= 0.6 is 0 Å². The summed E-state index contributed by atoms with van der Waals surface area (Å²) in [7, 11) is 0. The summed E-state index contributed by atoms with van der Waals surface area (Å²) >= 11 is 0. The first-order valence-corrected chi connectivity index (χ1v) is 4.36. The number of rotatable bonds is 3. The fourth-order valence-electron chi connectivity index (χ4n) is 1.80. The third-order valence-corrected chi connectivity index (χ3v) is 2.53. The zero-order valence-electron chi connectivity index (χ0n) is 7.16. The molecule has 1 fully saturated rings. The molecular formula is C8H18N2O. The van der Waals surface area contributed by atoms with Crippen LogP contribution in [-0.2, 0) is 0 Å². The molecule has 1 unspecified atom stereocenters. The summed E-state index contributed by atoms with van der Waals surface area (Å²) in [6.45, 7) is 4.12. The van der Waals surface area contributed by atoms with Crippen molar-refractivity contribution in [2.24, 2.45) is 5.73 Å². The average molecular weight is 158 g/mol. The molecule has 0 bridgehead atoms. The molecule has 0 amide bonds. The van der Waals surface area contributed by atoms with E-state index in [4.69, 9.17) is 10.8 Å². The van der Waals surface area contributed by atoms with Crippen molar-refractivity contribution >= 4 is 0 Å². The van der Waals surface area contributed by atoms with Crippen molar-refractivity contribution in [3.8, 4) is 0 Å². The monoisotopic (exact) mass is 158 g/mol. The summed E-state index contributed by atoms with van der Waals surface area (Å²) in [5, 5.41) is 8.93. The highest BCUT2D eigenvalue weighted by atomic mass is 16.3. The Hall–Kier alpha value is -0.120. The van der Waals surface area contributed by atoms with Gasteiger partial charge in [0.05, 0.1) is 6.61 Å². The molecule has 0 aromatic carbocycles. The van der Waals surface area contributed by atoms with E-state index >= 15 is 0 Å². The molecule has 2 atom stereocenters. The highest BCUT2D eigenvalue weighted by molar-refractivity contribution is 4.83. The van der Waals surface area contributed by atoms with Crippen molar-refractivity contribution in [1.82, 2.24) is 4.90 Å². The number of aliphatic hydroxyl groups is 1. The first-order chi connectivity index (χ1) is 5.29. The fourth-order valence-corrected chi connectivity index (χ4v) is 1.80. The zero-order valence-corrected chi connectivity index (χ0v) is 7.16. The first kappa shape index (κ1) is 8.97. The summed E-state index contributed by atoms with van der Waals surface area (Å²) < 4.78 is 0. The van der Waals surface area contributed by atoms with Gasteiger partial charge in [-0.3, -0.25) is 4.90 Å². The van der Waals surface area contributed by atoms with Crippen LogP contribution in [0.4, 0.5) is 0 Å². The van der Waals surface area contributed by atoms with Gasteiger partial charge >= 0.3 is 0 Å². The maximum absolute atomic E-state index is 8.93. The number of hydrogen-bond acceptors (Lipinski definition) is 3. The van der Waals surface area contributed by atoms with Crippen LogP contribution in [0.5, 0.6) is 0 Å². The maximum Gasteiger partial charge on any atom is 0.0584 e. The fraction of sp³-hybridized carbons (Fsp3) is 1.00. The van der Waals surface area contributed by atoms with Gasteiger partial charge in [0.25, 0.3) is 0 Å².